The largest absolute Gasteiger partial charge is 0.350 e. The van der Waals surface area contributed by atoms with Crippen LogP contribution in [0.2, 0.25) is 0 Å². The summed E-state index contributed by atoms with van der Waals surface area (Å²) < 4.78 is 22.3. The first-order chi connectivity index (χ1) is 10.9. The van der Waals surface area contributed by atoms with Gasteiger partial charge in [-0.15, -0.1) is 11.3 Å². The van der Waals surface area contributed by atoms with Gasteiger partial charge in [-0.05, 0) is 29.1 Å². The fourth-order valence-corrected chi connectivity index (χ4v) is 2.87. The van der Waals surface area contributed by atoms with Crippen molar-refractivity contribution in [2.24, 2.45) is 5.14 Å². The second-order valence-electron chi connectivity index (χ2n) is 4.63. The average molecular weight is 353 g/mol. The molecule has 0 fully saturated rings. The summed E-state index contributed by atoms with van der Waals surface area (Å²) in [5.74, 6) is -0.641. The first-order valence-electron chi connectivity index (χ1n) is 6.56. The Kier molecular flexibility index (Phi) is 5.48. The van der Waals surface area contributed by atoms with Crippen LogP contribution < -0.4 is 15.8 Å². The van der Waals surface area contributed by atoms with E-state index in [0.29, 0.717) is 4.88 Å². The molecule has 7 nitrogen and oxygen atoms in total. The summed E-state index contributed by atoms with van der Waals surface area (Å²) in [6.07, 6.45) is 0. The Morgan fingerprint density at radius 3 is 2.35 bits per heavy atom. The summed E-state index contributed by atoms with van der Waals surface area (Å²) in [5.41, 5.74) is 0.718. The van der Waals surface area contributed by atoms with Crippen molar-refractivity contribution in [1.29, 1.82) is 0 Å². The summed E-state index contributed by atoms with van der Waals surface area (Å²) in [6, 6.07) is 9.29. The third-order valence-corrected chi connectivity index (χ3v) is 4.69. The molecule has 122 valence electrons. The molecular weight excluding hydrogens is 338 g/mol. The van der Waals surface area contributed by atoms with E-state index in [1.807, 2.05) is 0 Å². The van der Waals surface area contributed by atoms with Crippen LogP contribution >= 0.6 is 11.3 Å². The molecule has 9 heteroatoms. The maximum absolute atomic E-state index is 11.7. The number of benzene rings is 1. The van der Waals surface area contributed by atoms with Crippen LogP contribution in [0.4, 0.5) is 0 Å². The summed E-state index contributed by atoms with van der Waals surface area (Å²) in [5, 5.41) is 11.9. The molecule has 0 saturated carbocycles. The molecule has 2 amide bonds. The molecule has 0 bridgehead atoms. The van der Waals surface area contributed by atoms with Crippen molar-refractivity contribution in [3.05, 3.63) is 52.2 Å². The van der Waals surface area contributed by atoms with Gasteiger partial charge in [0.2, 0.25) is 15.9 Å². The van der Waals surface area contributed by atoms with Crippen molar-refractivity contribution in [1.82, 2.24) is 10.6 Å². The van der Waals surface area contributed by atoms with Gasteiger partial charge in [-0.25, -0.2) is 13.6 Å². The number of nitrogens with two attached hydrogens (primary N) is 1. The van der Waals surface area contributed by atoms with Crippen molar-refractivity contribution in [3.8, 4) is 0 Å². The van der Waals surface area contributed by atoms with Crippen molar-refractivity contribution in [3.63, 3.8) is 0 Å². The number of primary sulfonamides is 1. The van der Waals surface area contributed by atoms with Crippen LogP contribution in [0, 0.1) is 0 Å². The maximum Gasteiger partial charge on any atom is 0.261 e. The van der Waals surface area contributed by atoms with Crippen LogP contribution in [0.3, 0.4) is 0 Å². The molecule has 0 aliphatic carbocycles. The van der Waals surface area contributed by atoms with Crippen LogP contribution in [0.1, 0.15) is 15.2 Å². The molecule has 0 atom stereocenters. The Morgan fingerprint density at radius 1 is 1.09 bits per heavy atom. The lowest BCUT2D eigenvalue weighted by Crippen LogP contribution is -2.36. The number of sulfonamides is 1. The zero-order valence-corrected chi connectivity index (χ0v) is 13.6. The molecule has 0 spiro atoms. The van der Waals surface area contributed by atoms with Crippen molar-refractivity contribution >= 4 is 33.2 Å². The van der Waals surface area contributed by atoms with Gasteiger partial charge in [0.15, 0.2) is 0 Å². The zero-order valence-electron chi connectivity index (χ0n) is 12.0. The average Bonchev–Trinajstić information content (AvgIpc) is 3.04. The molecule has 2 rings (SSSR count). The third-order valence-electron chi connectivity index (χ3n) is 2.90. The molecule has 0 aliphatic heterocycles. The topological polar surface area (TPSA) is 118 Å². The molecule has 1 aromatic carbocycles. The molecular formula is C14H15N3O4S2. The number of carbonyl (C=O) groups is 2. The van der Waals surface area contributed by atoms with Gasteiger partial charge in [-0.2, -0.15) is 0 Å². The van der Waals surface area contributed by atoms with Gasteiger partial charge < -0.3 is 10.6 Å². The van der Waals surface area contributed by atoms with E-state index in [1.165, 1.54) is 23.5 Å². The second kappa shape index (κ2) is 7.36. The maximum atomic E-state index is 11.7. The highest BCUT2D eigenvalue weighted by atomic mass is 32.2. The number of amides is 2. The molecule has 0 aliphatic rings. The molecule has 1 aromatic heterocycles. The summed E-state index contributed by atoms with van der Waals surface area (Å²) >= 11 is 1.29. The smallest absolute Gasteiger partial charge is 0.261 e. The minimum absolute atomic E-state index is 0.00999. The van der Waals surface area contributed by atoms with Gasteiger partial charge in [0.25, 0.3) is 5.91 Å². The van der Waals surface area contributed by atoms with Gasteiger partial charge >= 0.3 is 0 Å². The van der Waals surface area contributed by atoms with E-state index >= 15 is 0 Å². The van der Waals surface area contributed by atoms with E-state index in [4.69, 9.17) is 5.14 Å². The number of hydrogen-bond donors (Lipinski definition) is 3. The molecule has 2 aromatic rings. The van der Waals surface area contributed by atoms with Crippen LogP contribution in [-0.2, 0) is 21.4 Å². The quantitative estimate of drug-likeness (QED) is 0.698. The second-order valence-corrected chi connectivity index (χ2v) is 7.13. The lowest BCUT2D eigenvalue weighted by Gasteiger charge is -2.07. The van der Waals surface area contributed by atoms with Crippen LogP contribution in [-0.4, -0.2) is 26.8 Å². The van der Waals surface area contributed by atoms with Gasteiger partial charge in [-0.1, -0.05) is 18.2 Å². The highest BCUT2D eigenvalue weighted by molar-refractivity contribution is 7.89. The van der Waals surface area contributed by atoms with E-state index in [0.717, 1.165) is 5.56 Å². The predicted molar refractivity (Wildman–Crippen MR) is 86.3 cm³/mol. The Morgan fingerprint density at radius 2 is 1.78 bits per heavy atom. The zero-order chi connectivity index (χ0) is 16.9. The van der Waals surface area contributed by atoms with Crippen molar-refractivity contribution in [2.75, 3.05) is 6.54 Å². The monoisotopic (exact) mass is 353 g/mol. The van der Waals surface area contributed by atoms with E-state index in [2.05, 4.69) is 10.6 Å². The molecule has 23 heavy (non-hydrogen) atoms. The van der Waals surface area contributed by atoms with Gasteiger partial charge in [0, 0.05) is 6.54 Å². The number of thiophene rings is 1. The molecule has 0 unspecified atom stereocenters. The minimum atomic E-state index is -3.72. The van der Waals surface area contributed by atoms with Crippen LogP contribution in [0.15, 0.2) is 46.7 Å². The molecule has 1 heterocycles. The SMILES string of the molecule is NS(=O)(=O)c1ccc(CNC(=O)CNC(=O)c2cccs2)cc1. The molecule has 0 saturated heterocycles. The first-order valence-corrected chi connectivity index (χ1v) is 8.99. The number of nitrogens with one attached hydrogen (secondary N) is 2. The first kappa shape index (κ1) is 17.1. The van der Waals surface area contributed by atoms with Crippen molar-refractivity contribution in [2.45, 2.75) is 11.4 Å². The Labute approximate surface area is 137 Å². The van der Waals surface area contributed by atoms with E-state index < -0.39 is 10.0 Å². The highest BCUT2D eigenvalue weighted by Gasteiger charge is 2.09. The number of rotatable bonds is 6. The number of carbonyl (C=O) groups excluding carboxylic acids is 2. The summed E-state index contributed by atoms with van der Waals surface area (Å²) in [7, 11) is -3.72. The van der Waals surface area contributed by atoms with Crippen molar-refractivity contribution < 1.29 is 18.0 Å². The lowest BCUT2D eigenvalue weighted by atomic mass is 10.2. The summed E-state index contributed by atoms with van der Waals surface area (Å²) in [4.78, 5) is 23.9. The van der Waals surface area contributed by atoms with Crippen LogP contribution in [0.25, 0.3) is 0 Å². The third kappa shape index (κ3) is 5.16. The summed E-state index contributed by atoms with van der Waals surface area (Å²) in [6.45, 7) is 0.0879. The van der Waals surface area contributed by atoms with Crippen LogP contribution in [0.5, 0.6) is 0 Å². The highest BCUT2D eigenvalue weighted by Crippen LogP contribution is 2.09. The minimum Gasteiger partial charge on any atom is -0.350 e. The predicted octanol–water partition coefficient (Wildman–Crippen LogP) is 0.442. The fourth-order valence-electron chi connectivity index (χ4n) is 1.72. The van der Waals surface area contributed by atoms with E-state index in [9.17, 15) is 18.0 Å². The van der Waals surface area contributed by atoms with Gasteiger partial charge in [0.1, 0.15) is 0 Å². The van der Waals surface area contributed by atoms with E-state index in [-0.39, 0.29) is 29.8 Å². The molecule has 4 N–H and O–H groups in total. The Balaban J connectivity index is 1.79. The van der Waals surface area contributed by atoms with E-state index in [1.54, 1.807) is 29.6 Å². The van der Waals surface area contributed by atoms with Gasteiger partial charge in [0.05, 0.1) is 16.3 Å². The Hall–Kier alpha value is -2.23. The van der Waals surface area contributed by atoms with Gasteiger partial charge in [-0.3, -0.25) is 9.59 Å². The lowest BCUT2D eigenvalue weighted by molar-refractivity contribution is -0.120. The fraction of sp³-hybridized carbons (Fsp3) is 0.143. The Bertz CT molecular complexity index is 784. The normalized spacial score (nSPS) is 11.0. The number of hydrogen-bond acceptors (Lipinski definition) is 5. The standard InChI is InChI=1S/C14H15N3O4S2/c15-23(20,21)11-5-3-10(4-6-11)8-16-13(18)9-17-14(19)12-2-1-7-22-12/h1-7H,8-9H2,(H,16,18)(H,17,19)(H2,15,20,21). The molecule has 0 radical (unpaired) electrons.